The fourth-order valence-corrected chi connectivity index (χ4v) is 4.61. The van der Waals surface area contributed by atoms with Crippen molar-refractivity contribution >= 4 is 22.5 Å². The summed E-state index contributed by atoms with van der Waals surface area (Å²) in [6.07, 6.45) is 4.85. The van der Waals surface area contributed by atoms with Gasteiger partial charge in [-0.2, -0.15) is 0 Å². The van der Waals surface area contributed by atoms with Gasteiger partial charge >= 0.3 is 5.76 Å². The smallest absolute Gasteiger partial charge is 0.390 e. The van der Waals surface area contributed by atoms with Crippen LogP contribution in [-0.4, -0.2) is 29.4 Å². The molecule has 3 heterocycles. The monoisotopic (exact) mass is 477 g/mol. The van der Waals surface area contributed by atoms with E-state index in [1.807, 2.05) is 47.2 Å². The number of fused-ring (bicyclic) bond motifs is 1. The second kappa shape index (κ2) is 9.32. The normalized spacial score (nSPS) is 11.5. The van der Waals surface area contributed by atoms with Crippen molar-refractivity contribution in [2.24, 2.45) is 0 Å². The van der Waals surface area contributed by atoms with Crippen LogP contribution in [0.15, 0.2) is 64.0 Å². The third kappa shape index (κ3) is 3.95. The van der Waals surface area contributed by atoms with Crippen molar-refractivity contribution < 1.29 is 9.63 Å². The molecule has 5 rings (SSSR count). The first-order valence-corrected chi connectivity index (χ1v) is 11.6. The van der Waals surface area contributed by atoms with E-state index in [-0.39, 0.29) is 6.61 Å². The molecule has 0 aliphatic rings. The van der Waals surface area contributed by atoms with Crippen LogP contribution in [0.25, 0.3) is 28.0 Å². The molecule has 0 aliphatic heterocycles. The summed E-state index contributed by atoms with van der Waals surface area (Å²) in [5.41, 5.74) is 4.34. The number of aromatic amines is 1. The molecule has 8 nitrogen and oxygen atoms in total. The van der Waals surface area contributed by atoms with E-state index in [2.05, 4.69) is 38.7 Å². The summed E-state index contributed by atoms with van der Waals surface area (Å²) in [6.45, 7) is 2.52. The molecule has 3 aromatic heterocycles. The molecule has 9 heteroatoms. The molecule has 34 heavy (non-hydrogen) atoms. The highest BCUT2D eigenvalue weighted by Crippen LogP contribution is 2.30. The van der Waals surface area contributed by atoms with E-state index >= 15 is 0 Å². The van der Waals surface area contributed by atoms with Gasteiger partial charge in [0.15, 0.2) is 11.0 Å². The highest BCUT2D eigenvalue weighted by molar-refractivity contribution is 6.30. The average Bonchev–Trinajstić information content (AvgIpc) is 3.55. The first-order chi connectivity index (χ1) is 16.6. The summed E-state index contributed by atoms with van der Waals surface area (Å²) >= 11 is 6.34. The van der Waals surface area contributed by atoms with Crippen LogP contribution in [0.4, 0.5) is 0 Å². The van der Waals surface area contributed by atoms with Gasteiger partial charge in [0, 0.05) is 30.1 Å². The number of hydrogen-bond acceptors (Lipinski definition) is 5. The lowest BCUT2D eigenvalue weighted by Gasteiger charge is -2.13. The zero-order valence-corrected chi connectivity index (χ0v) is 19.4. The first kappa shape index (κ1) is 22.2. The predicted molar refractivity (Wildman–Crippen MR) is 130 cm³/mol. The minimum atomic E-state index is -0.595. The molecule has 0 atom stereocenters. The standard InChI is InChI=1S/C25H24ClN5O3/c1-2-3-11-22-27-23(26)21(15-32)31(22)14-16-7-6-10-19-17(16)12-13-30(19)20-9-5-4-8-18(20)24-28-25(33)34-29-24/h4-10,12-13,32H,2-3,11,14-15H2,1H3,(H,28,29,33). The maximum atomic E-state index is 11.5. The molecule has 0 unspecified atom stereocenters. The third-order valence-corrected chi connectivity index (χ3v) is 6.32. The maximum Gasteiger partial charge on any atom is 0.439 e. The van der Waals surface area contributed by atoms with Gasteiger partial charge in [-0.1, -0.05) is 54.4 Å². The van der Waals surface area contributed by atoms with Gasteiger partial charge < -0.3 is 14.2 Å². The van der Waals surface area contributed by atoms with Gasteiger partial charge in [0.05, 0.1) is 23.5 Å². The summed E-state index contributed by atoms with van der Waals surface area (Å²) in [5.74, 6) is 0.662. The highest BCUT2D eigenvalue weighted by atomic mass is 35.5. The number of nitrogens with zero attached hydrogens (tertiary/aromatic N) is 4. The molecular weight excluding hydrogens is 454 g/mol. The zero-order chi connectivity index (χ0) is 23.7. The molecule has 2 N–H and O–H groups in total. The van der Waals surface area contributed by atoms with Crippen molar-refractivity contribution in [2.75, 3.05) is 0 Å². The fraction of sp³-hybridized carbons (Fsp3) is 0.240. The topological polar surface area (TPSA) is 102 Å². The van der Waals surface area contributed by atoms with Crippen molar-refractivity contribution in [1.82, 2.24) is 24.3 Å². The number of aryl methyl sites for hydroxylation is 1. The Morgan fingerprint density at radius 1 is 1.15 bits per heavy atom. The number of H-pyrrole nitrogens is 1. The van der Waals surface area contributed by atoms with E-state index in [0.717, 1.165) is 52.8 Å². The molecule has 0 fully saturated rings. The van der Waals surface area contributed by atoms with Crippen LogP contribution in [0, 0.1) is 0 Å². The Kier molecular flexibility index (Phi) is 6.08. The van der Waals surface area contributed by atoms with E-state index in [1.165, 1.54) is 0 Å². The number of hydrogen-bond donors (Lipinski definition) is 2. The van der Waals surface area contributed by atoms with Crippen LogP contribution in [0.1, 0.15) is 36.8 Å². The summed E-state index contributed by atoms with van der Waals surface area (Å²) in [4.78, 5) is 18.7. The third-order valence-electron chi connectivity index (χ3n) is 6.02. The molecule has 0 saturated heterocycles. The van der Waals surface area contributed by atoms with Gasteiger partial charge in [-0.15, -0.1) is 0 Å². The van der Waals surface area contributed by atoms with Crippen LogP contribution >= 0.6 is 11.6 Å². The molecule has 5 aromatic rings. The number of benzene rings is 2. The number of aliphatic hydroxyl groups excluding tert-OH is 1. The highest BCUT2D eigenvalue weighted by Gasteiger charge is 2.18. The number of aliphatic hydroxyl groups is 1. The van der Waals surface area contributed by atoms with E-state index in [0.29, 0.717) is 23.2 Å². The van der Waals surface area contributed by atoms with Crippen molar-refractivity contribution in [3.8, 4) is 17.1 Å². The number of unbranched alkanes of at least 4 members (excludes halogenated alkanes) is 1. The van der Waals surface area contributed by atoms with Crippen LogP contribution in [0.5, 0.6) is 0 Å². The van der Waals surface area contributed by atoms with E-state index in [9.17, 15) is 9.90 Å². The Hall–Kier alpha value is -3.62. The van der Waals surface area contributed by atoms with Crippen molar-refractivity contribution in [2.45, 2.75) is 39.3 Å². The molecule has 174 valence electrons. The predicted octanol–water partition coefficient (Wildman–Crippen LogP) is 4.71. The minimum Gasteiger partial charge on any atom is -0.390 e. The summed E-state index contributed by atoms with van der Waals surface area (Å²) in [6, 6.07) is 15.9. The summed E-state index contributed by atoms with van der Waals surface area (Å²) in [5, 5.41) is 15.2. The molecule has 2 aromatic carbocycles. The molecule has 0 bridgehead atoms. The van der Waals surface area contributed by atoms with Crippen LogP contribution < -0.4 is 5.76 Å². The molecule has 0 amide bonds. The molecule has 0 aliphatic carbocycles. The Bertz CT molecular complexity index is 1510. The number of aromatic nitrogens is 5. The van der Waals surface area contributed by atoms with Crippen molar-refractivity contribution in [1.29, 1.82) is 0 Å². The van der Waals surface area contributed by atoms with Crippen LogP contribution in [0.2, 0.25) is 5.15 Å². The van der Waals surface area contributed by atoms with E-state index < -0.39 is 5.76 Å². The average molecular weight is 478 g/mol. The Balaban J connectivity index is 1.59. The van der Waals surface area contributed by atoms with Crippen molar-refractivity contribution in [3.63, 3.8) is 0 Å². The van der Waals surface area contributed by atoms with Crippen molar-refractivity contribution in [3.05, 3.63) is 87.5 Å². The fourth-order valence-electron chi connectivity index (χ4n) is 4.35. The number of imidazole rings is 1. The van der Waals surface area contributed by atoms with Gasteiger partial charge in [-0.3, -0.25) is 9.51 Å². The molecule has 0 saturated carbocycles. The summed E-state index contributed by atoms with van der Waals surface area (Å²) in [7, 11) is 0. The largest absolute Gasteiger partial charge is 0.439 e. The summed E-state index contributed by atoms with van der Waals surface area (Å²) < 4.78 is 8.81. The quantitative estimate of drug-likeness (QED) is 0.337. The molecular formula is C25H24ClN5O3. The SMILES string of the molecule is CCCCc1nc(Cl)c(CO)n1Cc1cccc2c1ccn2-c1ccccc1-c1noc(=O)[nH]1. The lowest BCUT2D eigenvalue weighted by atomic mass is 10.1. The van der Waals surface area contributed by atoms with Crippen LogP contribution in [-0.2, 0) is 19.6 Å². The maximum absolute atomic E-state index is 11.5. The van der Waals surface area contributed by atoms with Gasteiger partial charge in [0.25, 0.3) is 0 Å². The van der Waals surface area contributed by atoms with Gasteiger partial charge in [0.1, 0.15) is 5.82 Å². The molecule has 0 radical (unpaired) electrons. The van der Waals surface area contributed by atoms with Gasteiger partial charge in [-0.25, -0.2) is 9.78 Å². The molecule has 0 spiro atoms. The minimum absolute atomic E-state index is 0.168. The van der Waals surface area contributed by atoms with E-state index in [1.54, 1.807) is 0 Å². The van der Waals surface area contributed by atoms with Gasteiger partial charge in [-0.05, 0) is 36.2 Å². The zero-order valence-electron chi connectivity index (χ0n) is 18.7. The lowest BCUT2D eigenvalue weighted by molar-refractivity contribution is 0.271. The Morgan fingerprint density at radius 3 is 2.76 bits per heavy atom. The number of halogens is 1. The van der Waals surface area contributed by atoms with Crippen LogP contribution in [0.3, 0.4) is 0 Å². The number of nitrogens with one attached hydrogen (secondary N) is 1. The van der Waals surface area contributed by atoms with E-state index in [4.69, 9.17) is 16.1 Å². The number of rotatable bonds is 8. The Labute approximate surface area is 200 Å². The van der Waals surface area contributed by atoms with Gasteiger partial charge in [0.2, 0.25) is 0 Å². The Morgan fingerprint density at radius 2 is 2.00 bits per heavy atom. The second-order valence-electron chi connectivity index (χ2n) is 8.11. The lowest BCUT2D eigenvalue weighted by Crippen LogP contribution is -2.09. The first-order valence-electron chi connectivity index (χ1n) is 11.2. The second-order valence-corrected chi connectivity index (χ2v) is 8.47. The number of para-hydroxylation sites is 1.